The third-order valence-corrected chi connectivity index (χ3v) is 6.88. The maximum atomic E-state index is 9.21. The summed E-state index contributed by atoms with van der Waals surface area (Å²) in [6.07, 6.45) is 8.06. The second-order valence-corrected chi connectivity index (χ2v) is 9.12. The number of hydrogen-bond donors (Lipinski definition) is 1. The van der Waals surface area contributed by atoms with Gasteiger partial charge in [-0.1, -0.05) is 30.3 Å². The number of methoxy groups -OCH3 is 1. The van der Waals surface area contributed by atoms with E-state index in [9.17, 15) is 5.11 Å². The Morgan fingerprint density at radius 2 is 1.78 bits per heavy atom. The van der Waals surface area contributed by atoms with Gasteiger partial charge in [-0.25, -0.2) is 0 Å². The molecule has 1 heterocycles. The summed E-state index contributed by atoms with van der Waals surface area (Å²) in [5.74, 6) is 1.70. The molecule has 1 atom stereocenters. The predicted octanol–water partition coefficient (Wildman–Crippen LogP) is 4.52. The minimum Gasteiger partial charge on any atom is -0.493 e. The smallest absolute Gasteiger partial charge is 0.163 e. The third-order valence-electron chi connectivity index (χ3n) is 6.88. The highest BCUT2D eigenvalue weighted by atomic mass is 16.5. The Balaban J connectivity index is 1.49. The molecule has 0 aromatic heterocycles. The van der Waals surface area contributed by atoms with Gasteiger partial charge in [-0.15, -0.1) is 0 Å². The van der Waals surface area contributed by atoms with Crippen LogP contribution in [0.3, 0.4) is 0 Å². The fourth-order valence-electron chi connectivity index (χ4n) is 5.07. The van der Waals surface area contributed by atoms with Crippen molar-refractivity contribution in [3.63, 3.8) is 0 Å². The molecule has 1 saturated carbocycles. The van der Waals surface area contributed by atoms with Gasteiger partial charge in [-0.05, 0) is 69.2 Å². The van der Waals surface area contributed by atoms with Crippen LogP contribution < -0.4 is 14.4 Å². The van der Waals surface area contributed by atoms with Gasteiger partial charge in [0.1, 0.15) is 0 Å². The Labute approximate surface area is 192 Å². The van der Waals surface area contributed by atoms with Crippen LogP contribution in [0.2, 0.25) is 0 Å². The average molecular weight is 439 g/mol. The lowest BCUT2D eigenvalue weighted by Crippen LogP contribution is -2.54. The second kappa shape index (κ2) is 11.6. The van der Waals surface area contributed by atoms with E-state index in [0.29, 0.717) is 12.1 Å². The van der Waals surface area contributed by atoms with Crippen LogP contribution in [0.4, 0.5) is 5.69 Å². The number of benzene rings is 2. The van der Waals surface area contributed by atoms with Gasteiger partial charge < -0.3 is 19.5 Å². The highest BCUT2D eigenvalue weighted by Gasteiger charge is 2.28. The van der Waals surface area contributed by atoms with E-state index in [1.165, 1.54) is 24.1 Å². The number of rotatable bonds is 10. The van der Waals surface area contributed by atoms with Gasteiger partial charge in [0, 0.05) is 44.0 Å². The molecule has 174 valence electrons. The zero-order chi connectivity index (χ0) is 22.2. The lowest BCUT2D eigenvalue weighted by Gasteiger charge is -2.43. The van der Waals surface area contributed by atoms with E-state index in [-0.39, 0.29) is 6.61 Å². The second-order valence-electron chi connectivity index (χ2n) is 9.12. The number of nitrogens with zero attached hydrogens (tertiary/aromatic N) is 2. The number of aliphatic hydroxyl groups excluding tert-OH is 1. The fourth-order valence-corrected chi connectivity index (χ4v) is 5.07. The molecule has 2 aromatic carbocycles. The monoisotopic (exact) mass is 438 g/mol. The maximum absolute atomic E-state index is 9.21. The Hall–Kier alpha value is -2.24. The lowest BCUT2D eigenvalue weighted by atomic mass is 10.0. The minimum atomic E-state index is 0.277. The van der Waals surface area contributed by atoms with Crippen LogP contribution in [0, 0.1) is 0 Å². The first-order valence-corrected chi connectivity index (χ1v) is 12.3. The topological polar surface area (TPSA) is 45.2 Å². The SMILES string of the molecule is COc1ccc(N2CCN(CCCCO)C(Cc3ccccc3)C2)cc1OC1CCCC1. The number of aliphatic hydroxyl groups is 1. The third kappa shape index (κ3) is 5.96. The van der Waals surface area contributed by atoms with Gasteiger partial charge in [-0.2, -0.15) is 0 Å². The first-order chi connectivity index (χ1) is 15.8. The van der Waals surface area contributed by atoms with Crippen molar-refractivity contribution >= 4 is 5.69 Å². The van der Waals surface area contributed by atoms with Gasteiger partial charge in [0.25, 0.3) is 0 Å². The van der Waals surface area contributed by atoms with E-state index in [1.807, 2.05) is 0 Å². The fraction of sp³-hybridized carbons (Fsp3) is 0.556. The van der Waals surface area contributed by atoms with E-state index >= 15 is 0 Å². The normalized spacial score (nSPS) is 19.9. The Morgan fingerprint density at radius 1 is 0.969 bits per heavy atom. The van der Waals surface area contributed by atoms with Gasteiger partial charge in [-0.3, -0.25) is 4.90 Å². The van der Waals surface area contributed by atoms with Crippen molar-refractivity contribution in [2.45, 2.75) is 57.1 Å². The molecule has 0 spiro atoms. The molecular formula is C27H38N2O3. The van der Waals surface area contributed by atoms with Crippen LogP contribution in [0.25, 0.3) is 0 Å². The molecule has 1 unspecified atom stereocenters. The van der Waals surface area contributed by atoms with Crippen molar-refractivity contribution in [1.82, 2.24) is 4.90 Å². The van der Waals surface area contributed by atoms with Crippen molar-refractivity contribution in [3.05, 3.63) is 54.1 Å². The van der Waals surface area contributed by atoms with Gasteiger partial charge in [0.15, 0.2) is 11.5 Å². The molecular weight excluding hydrogens is 400 g/mol. The standard InChI is InChI=1S/C27H38N2O3/c1-31-26-14-13-23(20-27(26)32-25-11-5-6-12-25)29-17-16-28(15-7-8-18-30)24(21-29)19-22-9-3-2-4-10-22/h2-4,9-10,13-14,20,24-25,30H,5-8,11-12,15-19,21H2,1H3. The molecule has 2 fully saturated rings. The molecule has 0 amide bonds. The molecule has 2 aliphatic rings. The van der Waals surface area contributed by atoms with E-state index < -0.39 is 0 Å². The molecule has 1 N–H and O–H groups in total. The highest BCUT2D eigenvalue weighted by Crippen LogP contribution is 2.35. The zero-order valence-electron chi connectivity index (χ0n) is 19.4. The van der Waals surface area contributed by atoms with Gasteiger partial charge >= 0.3 is 0 Å². The first-order valence-electron chi connectivity index (χ1n) is 12.3. The average Bonchev–Trinajstić information content (AvgIpc) is 3.34. The van der Waals surface area contributed by atoms with E-state index in [4.69, 9.17) is 9.47 Å². The largest absolute Gasteiger partial charge is 0.493 e. The highest BCUT2D eigenvalue weighted by molar-refractivity contribution is 5.57. The summed E-state index contributed by atoms with van der Waals surface area (Å²) in [4.78, 5) is 5.11. The quantitative estimate of drug-likeness (QED) is 0.553. The number of ether oxygens (including phenoxy) is 2. The molecule has 2 aromatic rings. The van der Waals surface area contributed by atoms with Crippen LogP contribution in [-0.4, -0.2) is 62.0 Å². The van der Waals surface area contributed by atoms with Crippen LogP contribution >= 0.6 is 0 Å². The summed E-state index contributed by atoms with van der Waals surface area (Å²) in [6, 6.07) is 17.6. The summed E-state index contributed by atoms with van der Waals surface area (Å²) < 4.78 is 12.0. The van der Waals surface area contributed by atoms with Crippen LogP contribution in [-0.2, 0) is 6.42 Å². The first kappa shape index (κ1) is 22.9. The Bertz CT molecular complexity index is 823. The number of hydrogen-bond acceptors (Lipinski definition) is 5. The minimum absolute atomic E-state index is 0.277. The molecule has 0 bridgehead atoms. The van der Waals surface area contributed by atoms with Crippen LogP contribution in [0.1, 0.15) is 44.1 Å². The van der Waals surface area contributed by atoms with E-state index in [2.05, 4.69) is 58.3 Å². The molecule has 5 heteroatoms. The summed E-state index contributed by atoms with van der Waals surface area (Å²) in [7, 11) is 1.72. The Morgan fingerprint density at radius 3 is 2.53 bits per heavy atom. The maximum Gasteiger partial charge on any atom is 0.163 e. The molecule has 0 radical (unpaired) electrons. The van der Waals surface area contributed by atoms with Crippen LogP contribution in [0.5, 0.6) is 11.5 Å². The van der Waals surface area contributed by atoms with Crippen LogP contribution in [0.15, 0.2) is 48.5 Å². The van der Waals surface area contributed by atoms with E-state index in [1.54, 1.807) is 7.11 Å². The number of piperazine rings is 1. The summed E-state index contributed by atoms with van der Waals surface area (Å²) >= 11 is 0. The number of unbranched alkanes of at least 4 members (excludes halogenated alkanes) is 1. The van der Waals surface area contributed by atoms with Crippen molar-refractivity contribution in [2.75, 3.05) is 44.8 Å². The van der Waals surface area contributed by atoms with E-state index in [0.717, 1.165) is 69.8 Å². The summed E-state index contributed by atoms with van der Waals surface area (Å²) in [6.45, 7) is 4.35. The zero-order valence-corrected chi connectivity index (χ0v) is 19.4. The molecule has 1 saturated heterocycles. The van der Waals surface area contributed by atoms with Crippen molar-refractivity contribution < 1.29 is 14.6 Å². The Kier molecular flexibility index (Phi) is 8.30. The lowest BCUT2D eigenvalue weighted by molar-refractivity contribution is 0.166. The molecule has 1 aliphatic carbocycles. The van der Waals surface area contributed by atoms with Crippen molar-refractivity contribution in [1.29, 1.82) is 0 Å². The van der Waals surface area contributed by atoms with Crippen molar-refractivity contribution in [2.24, 2.45) is 0 Å². The molecule has 4 rings (SSSR count). The summed E-state index contributed by atoms with van der Waals surface area (Å²) in [5.41, 5.74) is 2.60. The van der Waals surface area contributed by atoms with Gasteiger partial charge in [0.2, 0.25) is 0 Å². The van der Waals surface area contributed by atoms with Crippen molar-refractivity contribution in [3.8, 4) is 11.5 Å². The molecule has 5 nitrogen and oxygen atoms in total. The molecule has 32 heavy (non-hydrogen) atoms. The predicted molar refractivity (Wildman–Crippen MR) is 130 cm³/mol. The number of anilines is 1. The summed E-state index contributed by atoms with van der Waals surface area (Å²) in [5, 5.41) is 9.21. The van der Waals surface area contributed by atoms with Gasteiger partial charge in [0.05, 0.1) is 13.2 Å². The molecule has 1 aliphatic heterocycles.